The Balaban J connectivity index is 1.52. The van der Waals surface area contributed by atoms with Gasteiger partial charge in [-0.3, -0.25) is 4.79 Å². The minimum absolute atomic E-state index is 0.140. The number of thioether (sulfide) groups is 1. The molecule has 8 heteroatoms. The predicted molar refractivity (Wildman–Crippen MR) is 100 cm³/mol. The normalized spacial score (nSPS) is 11.8. The Morgan fingerprint density at radius 1 is 1.26 bits per heavy atom. The van der Waals surface area contributed by atoms with E-state index in [0.717, 1.165) is 17.3 Å². The number of halogens is 1. The largest absolute Gasteiger partial charge is 0.484 e. The van der Waals surface area contributed by atoms with Gasteiger partial charge < -0.3 is 14.5 Å². The van der Waals surface area contributed by atoms with Crippen LogP contribution in [0.4, 0.5) is 10.1 Å². The maximum Gasteiger partial charge on any atom is 0.277 e. The van der Waals surface area contributed by atoms with Gasteiger partial charge in [-0.2, -0.15) is 0 Å². The van der Waals surface area contributed by atoms with E-state index < -0.39 is 11.1 Å². The molecule has 0 bridgehead atoms. The number of rotatable bonds is 7. The summed E-state index contributed by atoms with van der Waals surface area (Å²) in [5.41, 5.74) is 1.48. The Kier molecular flexibility index (Phi) is 6.08. The SMILES string of the molecule is Cc1cccc(OCc2nnc(S[C@@H](C)C(=O)Nc3cccc(F)c3)o2)c1. The van der Waals surface area contributed by atoms with Crippen molar-refractivity contribution in [2.75, 3.05) is 5.32 Å². The molecule has 0 radical (unpaired) electrons. The van der Waals surface area contributed by atoms with Gasteiger partial charge in [-0.1, -0.05) is 30.0 Å². The Morgan fingerprint density at radius 2 is 2.07 bits per heavy atom. The number of amides is 1. The first-order valence-corrected chi connectivity index (χ1v) is 9.12. The van der Waals surface area contributed by atoms with Crippen molar-refractivity contribution in [2.45, 2.75) is 30.9 Å². The van der Waals surface area contributed by atoms with Crippen molar-refractivity contribution >= 4 is 23.4 Å². The minimum Gasteiger partial charge on any atom is -0.484 e. The van der Waals surface area contributed by atoms with E-state index in [1.54, 1.807) is 13.0 Å². The standard InChI is InChI=1S/C19H18FN3O3S/c1-12-5-3-8-16(9-12)25-11-17-22-23-19(26-17)27-13(2)18(24)21-15-7-4-6-14(20)10-15/h3-10,13H,11H2,1-2H3,(H,21,24)/t13-/m0/s1. The van der Waals surface area contributed by atoms with Gasteiger partial charge in [-0.25, -0.2) is 4.39 Å². The topological polar surface area (TPSA) is 77.2 Å². The molecule has 0 saturated heterocycles. The number of hydrogen-bond donors (Lipinski definition) is 1. The Labute approximate surface area is 160 Å². The van der Waals surface area contributed by atoms with Crippen LogP contribution in [0.1, 0.15) is 18.4 Å². The highest BCUT2D eigenvalue weighted by Gasteiger charge is 2.19. The van der Waals surface area contributed by atoms with Crippen molar-refractivity contribution in [2.24, 2.45) is 0 Å². The second kappa shape index (κ2) is 8.68. The summed E-state index contributed by atoms with van der Waals surface area (Å²) in [4.78, 5) is 12.2. The van der Waals surface area contributed by atoms with Gasteiger partial charge in [0.2, 0.25) is 5.91 Å². The average molecular weight is 387 g/mol. The summed E-state index contributed by atoms with van der Waals surface area (Å²) in [7, 11) is 0. The molecule has 0 aliphatic rings. The number of carbonyl (C=O) groups excluding carboxylic acids is 1. The maximum atomic E-state index is 13.2. The van der Waals surface area contributed by atoms with Crippen molar-refractivity contribution in [3.05, 3.63) is 65.8 Å². The number of nitrogens with zero attached hydrogens (tertiary/aromatic N) is 2. The first kappa shape index (κ1) is 18.9. The van der Waals surface area contributed by atoms with Crippen molar-refractivity contribution in [1.29, 1.82) is 0 Å². The molecule has 6 nitrogen and oxygen atoms in total. The molecule has 2 aromatic carbocycles. The van der Waals surface area contributed by atoms with Crippen molar-refractivity contribution in [3.63, 3.8) is 0 Å². The molecule has 1 amide bonds. The zero-order chi connectivity index (χ0) is 19.2. The molecule has 1 aromatic heterocycles. The van der Waals surface area contributed by atoms with Crippen LogP contribution in [0.2, 0.25) is 0 Å². The Bertz CT molecular complexity index is 932. The van der Waals surface area contributed by atoms with Crippen molar-refractivity contribution < 1.29 is 18.3 Å². The average Bonchev–Trinajstić information content (AvgIpc) is 3.07. The number of anilines is 1. The zero-order valence-electron chi connectivity index (χ0n) is 14.8. The lowest BCUT2D eigenvalue weighted by Gasteiger charge is -2.09. The fourth-order valence-corrected chi connectivity index (χ4v) is 2.91. The van der Waals surface area contributed by atoms with Gasteiger partial charge in [-0.15, -0.1) is 10.2 Å². The molecule has 0 aliphatic heterocycles. The second-order valence-electron chi connectivity index (χ2n) is 5.83. The van der Waals surface area contributed by atoms with Crippen LogP contribution in [0.5, 0.6) is 5.75 Å². The molecule has 0 unspecified atom stereocenters. The molecular weight excluding hydrogens is 369 g/mol. The summed E-state index contributed by atoms with van der Waals surface area (Å²) in [6.45, 7) is 3.82. The molecule has 0 aliphatic carbocycles. The van der Waals surface area contributed by atoms with Crippen LogP contribution in [-0.4, -0.2) is 21.4 Å². The molecule has 1 atom stereocenters. The second-order valence-corrected chi connectivity index (χ2v) is 7.12. The number of carbonyl (C=O) groups is 1. The molecule has 140 valence electrons. The lowest BCUT2D eigenvalue weighted by Crippen LogP contribution is -2.22. The monoisotopic (exact) mass is 387 g/mol. The summed E-state index contributed by atoms with van der Waals surface area (Å²) < 4.78 is 24.3. The van der Waals surface area contributed by atoms with Gasteiger partial charge in [0.15, 0.2) is 6.61 Å². The van der Waals surface area contributed by atoms with E-state index in [0.29, 0.717) is 17.3 Å². The lowest BCUT2D eigenvalue weighted by molar-refractivity contribution is -0.115. The van der Waals surface area contributed by atoms with E-state index in [-0.39, 0.29) is 17.7 Å². The minimum atomic E-state index is -0.501. The number of ether oxygens (including phenoxy) is 1. The van der Waals surface area contributed by atoms with E-state index >= 15 is 0 Å². The van der Waals surface area contributed by atoms with Gasteiger partial charge in [0.1, 0.15) is 11.6 Å². The molecule has 27 heavy (non-hydrogen) atoms. The predicted octanol–water partition coefficient (Wildman–Crippen LogP) is 4.22. The summed E-state index contributed by atoms with van der Waals surface area (Å²) in [6.07, 6.45) is 0. The number of nitrogens with one attached hydrogen (secondary N) is 1. The molecule has 0 fully saturated rings. The van der Waals surface area contributed by atoms with Crippen LogP contribution < -0.4 is 10.1 Å². The number of hydrogen-bond acceptors (Lipinski definition) is 6. The smallest absolute Gasteiger partial charge is 0.277 e. The molecular formula is C19H18FN3O3S. The van der Waals surface area contributed by atoms with E-state index in [1.807, 2.05) is 31.2 Å². The van der Waals surface area contributed by atoms with Gasteiger partial charge in [0.25, 0.3) is 11.1 Å². The molecule has 3 aromatic rings. The van der Waals surface area contributed by atoms with Crippen molar-refractivity contribution in [3.8, 4) is 5.75 Å². The highest BCUT2D eigenvalue weighted by Crippen LogP contribution is 2.24. The summed E-state index contributed by atoms with van der Waals surface area (Å²) in [6, 6.07) is 13.3. The van der Waals surface area contributed by atoms with Gasteiger partial charge >= 0.3 is 0 Å². The fraction of sp³-hybridized carbons (Fsp3) is 0.211. The van der Waals surface area contributed by atoms with Crippen LogP contribution >= 0.6 is 11.8 Å². The summed E-state index contributed by atoms with van der Waals surface area (Å²) >= 11 is 1.12. The quantitative estimate of drug-likeness (QED) is 0.612. The van der Waals surface area contributed by atoms with Crippen LogP contribution in [0, 0.1) is 12.7 Å². The first-order chi connectivity index (χ1) is 13.0. The van der Waals surface area contributed by atoms with Crippen LogP contribution in [0.25, 0.3) is 0 Å². The number of aryl methyl sites for hydroxylation is 1. The maximum absolute atomic E-state index is 13.2. The summed E-state index contributed by atoms with van der Waals surface area (Å²) in [5, 5.41) is 10.2. The van der Waals surface area contributed by atoms with Crippen LogP contribution in [0.15, 0.2) is 58.2 Å². The fourth-order valence-electron chi connectivity index (χ4n) is 2.21. The molecule has 0 spiro atoms. The Morgan fingerprint density at radius 3 is 2.85 bits per heavy atom. The summed E-state index contributed by atoms with van der Waals surface area (Å²) in [5.74, 6) is 0.326. The van der Waals surface area contributed by atoms with Gasteiger partial charge in [0.05, 0.1) is 5.25 Å². The highest BCUT2D eigenvalue weighted by molar-refractivity contribution is 8.00. The van der Waals surface area contributed by atoms with Crippen molar-refractivity contribution in [1.82, 2.24) is 10.2 Å². The number of aromatic nitrogens is 2. The highest BCUT2D eigenvalue weighted by atomic mass is 32.2. The van der Waals surface area contributed by atoms with E-state index in [9.17, 15) is 9.18 Å². The number of benzene rings is 2. The lowest BCUT2D eigenvalue weighted by atomic mass is 10.2. The Hall–Kier alpha value is -2.87. The van der Waals surface area contributed by atoms with Gasteiger partial charge in [0, 0.05) is 5.69 Å². The third kappa shape index (κ3) is 5.55. The first-order valence-electron chi connectivity index (χ1n) is 8.24. The molecule has 3 rings (SSSR count). The molecule has 1 heterocycles. The van der Waals surface area contributed by atoms with Crippen LogP contribution in [0.3, 0.4) is 0 Å². The molecule has 0 saturated carbocycles. The zero-order valence-corrected chi connectivity index (χ0v) is 15.6. The van der Waals surface area contributed by atoms with E-state index in [2.05, 4.69) is 15.5 Å². The third-order valence-corrected chi connectivity index (χ3v) is 4.47. The van der Waals surface area contributed by atoms with E-state index in [1.165, 1.54) is 18.2 Å². The van der Waals surface area contributed by atoms with E-state index in [4.69, 9.17) is 9.15 Å². The van der Waals surface area contributed by atoms with Crippen LogP contribution in [-0.2, 0) is 11.4 Å². The molecule has 1 N–H and O–H groups in total. The van der Waals surface area contributed by atoms with Gasteiger partial charge in [-0.05, 0) is 49.7 Å². The third-order valence-electron chi connectivity index (χ3n) is 3.54.